The molecule has 4 nitrogen and oxygen atoms in total. The molecule has 1 aliphatic heterocycles. The fourth-order valence-corrected chi connectivity index (χ4v) is 4.25. The van der Waals surface area contributed by atoms with Gasteiger partial charge in [-0.2, -0.15) is 0 Å². The number of nitrogens with one attached hydrogen (secondary N) is 1. The summed E-state index contributed by atoms with van der Waals surface area (Å²) in [5, 5.41) is 2.96. The number of hydrogen-bond acceptors (Lipinski definition) is 4. The molecule has 0 aliphatic carbocycles. The topological polar surface area (TPSA) is 44.7 Å². The highest BCUT2D eigenvalue weighted by molar-refractivity contribution is 7.99. The van der Waals surface area contributed by atoms with Crippen LogP contribution >= 0.6 is 11.8 Å². The molecule has 2 aromatic carbocycles. The number of carbonyl (C=O) groups is 1. The molecule has 0 atom stereocenters. The van der Waals surface area contributed by atoms with E-state index in [0.717, 1.165) is 22.8 Å². The van der Waals surface area contributed by atoms with Crippen LogP contribution in [0, 0.1) is 13.8 Å². The largest absolute Gasteiger partial charge is 0.351 e. The third-order valence-electron chi connectivity index (χ3n) is 4.49. The van der Waals surface area contributed by atoms with Crippen molar-refractivity contribution in [3.05, 3.63) is 52.6 Å². The fraction of sp³-hybridized carbons (Fsp3) is 0.333. The average molecular weight is 368 g/mol. The predicted octanol–water partition coefficient (Wildman–Crippen LogP) is 4.20. The van der Waals surface area contributed by atoms with Crippen LogP contribution in [0.4, 0.5) is 5.69 Å². The average Bonchev–Trinajstić information content (AvgIpc) is 2.73. The van der Waals surface area contributed by atoms with Crippen LogP contribution in [0.2, 0.25) is 0 Å². The summed E-state index contributed by atoms with van der Waals surface area (Å²) in [6, 6.07) is 10.1. The van der Waals surface area contributed by atoms with Gasteiger partial charge in [-0.05, 0) is 64.2 Å². The Morgan fingerprint density at radius 3 is 2.58 bits per heavy atom. The Kier molecular flexibility index (Phi) is 5.49. The molecule has 0 spiro atoms. The zero-order chi connectivity index (χ0) is 18.8. The summed E-state index contributed by atoms with van der Waals surface area (Å²) in [6.45, 7) is 7.75. The van der Waals surface area contributed by atoms with Gasteiger partial charge in [0.25, 0.3) is 5.91 Å². The minimum atomic E-state index is -0.0541. The molecular weight excluding hydrogens is 342 g/mol. The van der Waals surface area contributed by atoms with Crippen LogP contribution < -0.4 is 5.32 Å². The van der Waals surface area contributed by atoms with Gasteiger partial charge in [-0.1, -0.05) is 23.9 Å². The highest BCUT2D eigenvalue weighted by Gasteiger charge is 2.19. The van der Waals surface area contributed by atoms with E-state index < -0.39 is 0 Å². The number of hydrogen-bond donors (Lipinski definition) is 1. The van der Waals surface area contributed by atoms with E-state index in [1.165, 1.54) is 21.6 Å². The Morgan fingerprint density at radius 1 is 1.12 bits per heavy atom. The van der Waals surface area contributed by atoms with Gasteiger partial charge < -0.3 is 10.2 Å². The van der Waals surface area contributed by atoms with Gasteiger partial charge in [0.1, 0.15) is 0 Å². The number of likely N-dealkylation sites (N-methyl/N-ethyl adjacent to an activating group) is 1. The molecule has 26 heavy (non-hydrogen) atoms. The van der Waals surface area contributed by atoms with Crippen molar-refractivity contribution in [1.29, 1.82) is 0 Å². The molecule has 0 aromatic heterocycles. The Hall–Kier alpha value is -2.11. The highest BCUT2D eigenvalue weighted by Crippen LogP contribution is 2.43. The summed E-state index contributed by atoms with van der Waals surface area (Å²) in [5.41, 5.74) is 6.21. The number of fused-ring (bicyclic) bond motifs is 2. The molecule has 1 amide bonds. The quantitative estimate of drug-likeness (QED) is 0.881. The SMILES string of the molecule is CC1=Nc2cc(C(=O)NCCN(C)C)ccc2Sc2c(C)ccc(C)c21. The highest BCUT2D eigenvalue weighted by atomic mass is 32.2. The second-order valence-corrected chi connectivity index (χ2v) is 8.00. The lowest BCUT2D eigenvalue weighted by atomic mass is 10.0. The number of benzene rings is 2. The van der Waals surface area contributed by atoms with Gasteiger partial charge in [-0.25, -0.2) is 0 Å². The van der Waals surface area contributed by atoms with Crippen molar-refractivity contribution in [2.24, 2.45) is 4.99 Å². The Balaban J connectivity index is 1.93. The summed E-state index contributed by atoms with van der Waals surface area (Å²) >= 11 is 1.74. The Bertz CT molecular complexity index is 887. The molecule has 0 saturated carbocycles. The maximum absolute atomic E-state index is 12.4. The summed E-state index contributed by atoms with van der Waals surface area (Å²) in [5.74, 6) is -0.0541. The van der Waals surface area contributed by atoms with Crippen molar-refractivity contribution in [1.82, 2.24) is 10.2 Å². The predicted molar refractivity (Wildman–Crippen MR) is 109 cm³/mol. The van der Waals surface area contributed by atoms with Crippen LogP contribution in [0.15, 0.2) is 45.1 Å². The molecule has 5 heteroatoms. The van der Waals surface area contributed by atoms with Gasteiger partial charge in [-0.15, -0.1) is 0 Å². The molecular formula is C21H25N3OS. The van der Waals surface area contributed by atoms with Crippen molar-refractivity contribution in [2.75, 3.05) is 27.2 Å². The van der Waals surface area contributed by atoms with E-state index in [1.54, 1.807) is 11.8 Å². The second-order valence-electron chi connectivity index (χ2n) is 6.94. The Morgan fingerprint density at radius 2 is 1.85 bits per heavy atom. The number of aliphatic imine (C=N–C) groups is 1. The molecule has 136 valence electrons. The van der Waals surface area contributed by atoms with Gasteiger partial charge in [0.2, 0.25) is 0 Å². The molecule has 0 unspecified atom stereocenters. The van der Waals surface area contributed by atoms with E-state index >= 15 is 0 Å². The maximum Gasteiger partial charge on any atom is 0.251 e. The van der Waals surface area contributed by atoms with Crippen molar-refractivity contribution in [3.8, 4) is 0 Å². The fourth-order valence-electron chi connectivity index (χ4n) is 3.04. The number of aryl methyl sites for hydroxylation is 2. The van der Waals surface area contributed by atoms with Crippen molar-refractivity contribution < 1.29 is 4.79 Å². The lowest BCUT2D eigenvalue weighted by molar-refractivity contribution is 0.0951. The first kappa shape index (κ1) is 18.7. The van der Waals surface area contributed by atoms with Crippen molar-refractivity contribution >= 4 is 29.1 Å². The van der Waals surface area contributed by atoms with E-state index in [4.69, 9.17) is 4.99 Å². The molecule has 0 fully saturated rings. The zero-order valence-electron chi connectivity index (χ0n) is 16.0. The number of amides is 1. The first-order chi connectivity index (χ1) is 12.4. The van der Waals surface area contributed by atoms with Crippen LogP contribution in [0.25, 0.3) is 0 Å². The molecule has 0 saturated heterocycles. The molecule has 3 rings (SSSR count). The lowest BCUT2D eigenvalue weighted by Gasteiger charge is -2.12. The molecule has 0 radical (unpaired) electrons. The maximum atomic E-state index is 12.4. The number of nitrogens with zero attached hydrogens (tertiary/aromatic N) is 2. The van der Waals surface area contributed by atoms with Gasteiger partial charge in [0.05, 0.1) is 5.69 Å². The number of rotatable bonds is 4. The number of carbonyl (C=O) groups excluding carboxylic acids is 1. The summed E-state index contributed by atoms with van der Waals surface area (Å²) in [6.07, 6.45) is 0. The third kappa shape index (κ3) is 3.84. The molecule has 1 heterocycles. The minimum absolute atomic E-state index is 0.0541. The van der Waals surface area contributed by atoms with Crippen molar-refractivity contribution in [2.45, 2.75) is 30.6 Å². The smallest absolute Gasteiger partial charge is 0.251 e. The van der Waals surface area contributed by atoms with Crippen LogP contribution in [0.3, 0.4) is 0 Å². The first-order valence-corrected chi connectivity index (χ1v) is 9.59. The molecule has 2 aromatic rings. The van der Waals surface area contributed by atoms with E-state index in [2.05, 4.69) is 31.3 Å². The lowest BCUT2D eigenvalue weighted by Crippen LogP contribution is -2.31. The van der Waals surface area contributed by atoms with Gasteiger partial charge >= 0.3 is 0 Å². The molecule has 1 N–H and O–H groups in total. The monoisotopic (exact) mass is 367 g/mol. The van der Waals surface area contributed by atoms with Crippen LogP contribution in [-0.4, -0.2) is 43.7 Å². The minimum Gasteiger partial charge on any atom is -0.351 e. The normalized spacial score (nSPS) is 12.9. The molecule has 0 bridgehead atoms. The molecule has 1 aliphatic rings. The third-order valence-corrected chi connectivity index (χ3v) is 5.79. The summed E-state index contributed by atoms with van der Waals surface area (Å²) in [7, 11) is 3.98. The van der Waals surface area contributed by atoms with E-state index in [-0.39, 0.29) is 5.91 Å². The Labute approximate surface area is 159 Å². The summed E-state index contributed by atoms with van der Waals surface area (Å²) < 4.78 is 0. The van der Waals surface area contributed by atoms with E-state index in [1.807, 2.05) is 44.1 Å². The van der Waals surface area contributed by atoms with Gasteiger partial charge in [0.15, 0.2) is 0 Å². The van der Waals surface area contributed by atoms with Crippen LogP contribution in [0.5, 0.6) is 0 Å². The van der Waals surface area contributed by atoms with Crippen molar-refractivity contribution in [3.63, 3.8) is 0 Å². The second kappa shape index (κ2) is 7.64. The van der Waals surface area contributed by atoms with Gasteiger partial charge in [-0.3, -0.25) is 9.79 Å². The van der Waals surface area contributed by atoms with Gasteiger partial charge in [0, 0.05) is 39.7 Å². The van der Waals surface area contributed by atoms with Crippen LogP contribution in [0.1, 0.15) is 34.0 Å². The first-order valence-electron chi connectivity index (χ1n) is 8.77. The zero-order valence-corrected chi connectivity index (χ0v) is 16.8. The van der Waals surface area contributed by atoms with E-state index in [9.17, 15) is 4.79 Å². The van der Waals surface area contributed by atoms with Crippen LogP contribution in [-0.2, 0) is 0 Å². The standard InChI is InChI=1S/C21H25N3OS/c1-13-6-7-14(2)20-19(13)15(3)23-17-12-16(8-9-18(17)26-20)21(25)22-10-11-24(4)5/h6-9,12H,10-11H2,1-5H3,(H,22,25). The summed E-state index contributed by atoms with van der Waals surface area (Å²) in [4.78, 5) is 21.7. The van der Waals surface area contributed by atoms with E-state index in [0.29, 0.717) is 12.1 Å².